The molecule has 146 valence electrons. The van der Waals surface area contributed by atoms with E-state index in [1.807, 2.05) is 24.3 Å². The third-order valence-electron chi connectivity index (χ3n) is 5.09. The SMILES string of the molecule is COc1cccc(OC)c1C(=O)NC1CCCC1Nc1nc2ccccc2o1. The van der Waals surface area contributed by atoms with Crippen LogP contribution in [-0.2, 0) is 0 Å². The molecule has 1 aliphatic carbocycles. The Kier molecular flexibility index (Phi) is 5.06. The van der Waals surface area contributed by atoms with E-state index in [4.69, 9.17) is 13.9 Å². The lowest BCUT2D eigenvalue weighted by Crippen LogP contribution is -2.43. The molecule has 1 saturated carbocycles. The summed E-state index contributed by atoms with van der Waals surface area (Å²) in [6.45, 7) is 0. The lowest BCUT2D eigenvalue weighted by atomic mass is 10.1. The van der Waals surface area contributed by atoms with Crippen LogP contribution in [0.2, 0.25) is 0 Å². The molecule has 1 fully saturated rings. The van der Waals surface area contributed by atoms with Crippen LogP contribution in [-0.4, -0.2) is 37.2 Å². The first-order valence-electron chi connectivity index (χ1n) is 9.33. The summed E-state index contributed by atoms with van der Waals surface area (Å²) < 4.78 is 16.5. The van der Waals surface area contributed by atoms with Crippen LogP contribution in [0.1, 0.15) is 29.6 Å². The number of carbonyl (C=O) groups is 1. The predicted molar refractivity (Wildman–Crippen MR) is 106 cm³/mol. The first-order valence-corrected chi connectivity index (χ1v) is 9.33. The molecular formula is C21H23N3O4. The Morgan fingerprint density at radius 1 is 1.04 bits per heavy atom. The van der Waals surface area contributed by atoms with Gasteiger partial charge < -0.3 is 24.5 Å². The van der Waals surface area contributed by atoms with Gasteiger partial charge in [0.15, 0.2) is 5.58 Å². The van der Waals surface area contributed by atoms with Gasteiger partial charge in [-0.15, -0.1) is 0 Å². The van der Waals surface area contributed by atoms with Gasteiger partial charge in [-0.05, 0) is 43.5 Å². The van der Waals surface area contributed by atoms with Crippen molar-refractivity contribution in [2.24, 2.45) is 0 Å². The number of rotatable bonds is 6. The molecule has 0 bridgehead atoms. The van der Waals surface area contributed by atoms with Gasteiger partial charge in [0, 0.05) is 6.04 Å². The van der Waals surface area contributed by atoms with Crippen LogP contribution < -0.4 is 20.1 Å². The molecule has 2 N–H and O–H groups in total. The number of hydrogen-bond acceptors (Lipinski definition) is 6. The fourth-order valence-corrected chi connectivity index (χ4v) is 3.71. The Balaban J connectivity index is 1.50. The van der Waals surface area contributed by atoms with Gasteiger partial charge in [0.05, 0.1) is 20.3 Å². The average molecular weight is 381 g/mol. The smallest absolute Gasteiger partial charge is 0.295 e. The van der Waals surface area contributed by atoms with Gasteiger partial charge in [0.25, 0.3) is 11.9 Å². The highest BCUT2D eigenvalue weighted by Crippen LogP contribution is 2.30. The number of nitrogens with one attached hydrogen (secondary N) is 2. The molecule has 3 aromatic rings. The number of ether oxygens (including phenoxy) is 2. The quantitative estimate of drug-likeness (QED) is 0.678. The highest BCUT2D eigenvalue weighted by Gasteiger charge is 2.31. The number of oxazole rings is 1. The van der Waals surface area contributed by atoms with Crippen molar-refractivity contribution < 1.29 is 18.7 Å². The molecule has 1 heterocycles. The molecule has 7 heteroatoms. The van der Waals surface area contributed by atoms with E-state index >= 15 is 0 Å². The maximum Gasteiger partial charge on any atom is 0.295 e. The van der Waals surface area contributed by atoms with Crippen molar-refractivity contribution in [2.75, 3.05) is 19.5 Å². The first-order chi connectivity index (χ1) is 13.7. The maximum absolute atomic E-state index is 13.0. The second kappa shape index (κ2) is 7.80. The Hall–Kier alpha value is -3.22. The molecule has 1 amide bonds. The lowest BCUT2D eigenvalue weighted by Gasteiger charge is -2.22. The van der Waals surface area contributed by atoms with Gasteiger partial charge >= 0.3 is 0 Å². The summed E-state index contributed by atoms with van der Waals surface area (Å²) in [5, 5.41) is 6.46. The van der Waals surface area contributed by atoms with E-state index in [1.54, 1.807) is 32.4 Å². The van der Waals surface area contributed by atoms with Crippen LogP contribution in [0.25, 0.3) is 11.1 Å². The molecule has 0 saturated heterocycles. The molecule has 0 radical (unpaired) electrons. The average Bonchev–Trinajstić information content (AvgIpc) is 3.33. The third-order valence-corrected chi connectivity index (χ3v) is 5.09. The summed E-state index contributed by atoms with van der Waals surface area (Å²) in [6, 6.07) is 13.4. The summed E-state index contributed by atoms with van der Waals surface area (Å²) in [5.41, 5.74) is 1.95. The Morgan fingerprint density at radius 3 is 2.46 bits per heavy atom. The van der Waals surface area contributed by atoms with E-state index in [0.29, 0.717) is 23.1 Å². The molecular weight excluding hydrogens is 358 g/mol. The highest BCUT2D eigenvalue weighted by molar-refractivity contribution is 6.00. The van der Waals surface area contributed by atoms with E-state index in [0.717, 1.165) is 30.4 Å². The van der Waals surface area contributed by atoms with Crippen LogP contribution in [0.4, 0.5) is 6.01 Å². The number of anilines is 1. The number of para-hydroxylation sites is 2. The van der Waals surface area contributed by atoms with Crippen LogP contribution in [0.5, 0.6) is 11.5 Å². The van der Waals surface area contributed by atoms with Crippen molar-refractivity contribution in [1.29, 1.82) is 0 Å². The minimum Gasteiger partial charge on any atom is -0.496 e. The maximum atomic E-state index is 13.0. The lowest BCUT2D eigenvalue weighted by molar-refractivity contribution is 0.0929. The molecule has 28 heavy (non-hydrogen) atoms. The molecule has 2 atom stereocenters. The number of amides is 1. The van der Waals surface area contributed by atoms with Crippen molar-refractivity contribution >= 4 is 23.0 Å². The molecule has 7 nitrogen and oxygen atoms in total. The summed E-state index contributed by atoms with van der Waals surface area (Å²) >= 11 is 0. The molecule has 0 spiro atoms. The molecule has 2 aromatic carbocycles. The summed E-state index contributed by atoms with van der Waals surface area (Å²) in [7, 11) is 3.08. The zero-order valence-electron chi connectivity index (χ0n) is 15.9. The van der Waals surface area contributed by atoms with Gasteiger partial charge in [-0.3, -0.25) is 4.79 Å². The summed E-state index contributed by atoms with van der Waals surface area (Å²) in [4.78, 5) is 17.4. The number of benzene rings is 2. The highest BCUT2D eigenvalue weighted by atomic mass is 16.5. The van der Waals surface area contributed by atoms with E-state index in [2.05, 4.69) is 15.6 Å². The Morgan fingerprint density at radius 2 is 1.75 bits per heavy atom. The fraction of sp³-hybridized carbons (Fsp3) is 0.333. The normalized spacial score (nSPS) is 18.8. The van der Waals surface area contributed by atoms with Crippen molar-refractivity contribution in [2.45, 2.75) is 31.3 Å². The van der Waals surface area contributed by atoms with Gasteiger partial charge in [0.2, 0.25) is 0 Å². The minimum atomic E-state index is -0.217. The molecule has 2 unspecified atom stereocenters. The van der Waals surface area contributed by atoms with Gasteiger partial charge in [-0.2, -0.15) is 4.98 Å². The summed E-state index contributed by atoms with van der Waals surface area (Å²) in [6.07, 6.45) is 2.81. The Bertz CT molecular complexity index is 929. The molecule has 4 rings (SSSR count). The number of methoxy groups -OCH3 is 2. The van der Waals surface area contributed by atoms with E-state index in [-0.39, 0.29) is 18.0 Å². The second-order valence-electron chi connectivity index (χ2n) is 6.79. The van der Waals surface area contributed by atoms with Crippen LogP contribution in [0.3, 0.4) is 0 Å². The molecule has 1 aliphatic rings. The minimum absolute atomic E-state index is 0.0396. The largest absolute Gasteiger partial charge is 0.496 e. The zero-order chi connectivity index (χ0) is 19.5. The number of hydrogen-bond donors (Lipinski definition) is 2. The fourth-order valence-electron chi connectivity index (χ4n) is 3.71. The summed E-state index contributed by atoms with van der Waals surface area (Å²) in [5.74, 6) is 0.752. The van der Waals surface area contributed by atoms with Crippen LogP contribution in [0, 0.1) is 0 Å². The first kappa shape index (κ1) is 18.2. The number of aromatic nitrogens is 1. The molecule has 0 aliphatic heterocycles. The van der Waals surface area contributed by atoms with Crippen molar-refractivity contribution in [1.82, 2.24) is 10.3 Å². The van der Waals surface area contributed by atoms with Crippen molar-refractivity contribution in [3.63, 3.8) is 0 Å². The van der Waals surface area contributed by atoms with Gasteiger partial charge in [-0.25, -0.2) is 0 Å². The second-order valence-corrected chi connectivity index (χ2v) is 6.79. The van der Waals surface area contributed by atoms with E-state index in [1.165, 1.54) is 0 Å². The monoisotopic (exact) mass is 381 g/mol. The zero-order valence-corrected chi connectivity index (χ0v) is 15.9. The number of nitrogens with zero attached hydrogens (tertiary/aromatic N) is 1. The van der Waals surface area contributed by atoms with E-state index in [9.17, 15) is 4.79 Å². The van der Waals surface area contributed by atoms with E-state index < -0.39 is 0 Å². The number of carbonyl (C=O) groups excluding carboxylic acids is 1. The molecule has 1 aromatic heterocycles. The third kappa shape index (κ3) is 3.47. The van der Waals surface area contributed by atoms with Gasteiger partial charge in [0.1, 0.15) is 22.6 Å². The Labute approximate surface area is 163 Å². The van der Waals surface area contributed by atoms with Gasteiger partial charge in [-0.1, -0.05) is 18.2 Å². The van der Waals surface area contributed by atoms with Crippen molar-refractivity contribution in [3.8, 4) is 11.5 Å². The standard InChI is InChI=1S/C21H23N3O4/c1-26-17-11-6-12-18(27-2)19(17)20(25)22-13-8-5-9-14(13)23-21-24-15-7-3-4-10-16(15)28-21/h3-4,6-7,10-14H,5,8-9H2,1-2H3,(H,22,25)(H,23,24). The number of fused-ring (bicyclic) bond motifs is 1. The van der Waals surface area contributed by atoms with Crippen molar-refractivity contribution in [3.05, 3.63) is 48.0 Å². The predicted octanol–water partition coefficient (Wildman–Crippen LogP) is 3.61. The topological polar surface area (TPSA) is 85.6 Å². The van der Waals surface area contributed by atoms with Crippen LogP contribution in [0.15, 0.2) is 46.9 Å². The van der Waals surface area contributed by atoms with Crippen LogP contribution >= 0.6 is 0 Å².